The molecule has 0 saturated heterocycles. The molecule has 0 aliphatic heterocycles. The second kappa shape index (κ2) is 7.72. The Morgan fingerprint density at radius 3 is 1.39 bits per heavy atom. The molecule has 0 aliphatic carbocycles. The van der Waals surface area contributed by atoms with Gasteiger partial charge in [0, 0.05) is 43.0 Å². The summed E-state index contributed by atoms with van der Waals surface area (Å²) in [6, 6.07) is 2.25. The molecule has 2 aromatic rings. The van der Waals surface area contributed by atoms with E-state index in [9.17, 15) is 0 Å². The molecule has 3 nitrogen and oxygen atoms in total. The van der Waals surface area contributed by atoms with Crippen LogP contribution in [0.15, 0.2) is 18.5 Å². The molecule has 0 radical (unpaired) electrons. The number of aryl methyl sites for hydroxylation is 2. The molecular formula is C25H45N3. The van der Waals surface area contributed by atoms with Gasteiger partial charge in [-0.25, -0.2) is 0 Å². The number of aromatic nitrogens is 3. The van der Waals surface area contributed by atoms with E-state index in [0.717, 1.165) is 0 Å². The first-order valence-corrected chi connectivity index (χ1v) is 10.5. The molecule has 0 amide bonds. The molecule has 0 N–H and O–H groups in total. The minimum atomic E-state index is 0.129. The lowest BCUT2D eigenvalue weighted by Gasteiger charge is -2.28. The number of hydrogen-bond acceptors (Lipinski definition) is 1. The maximum atomic E-state index is 4.57. The molecular weight excluding hydrogens is 342 g/mol. The van der Waals surface area contributed by atoms with Crippen LogP contribution in [0.1, 0.15) is 106 Å². The lowest BCUT2D eigenvalue weighted by atomic mass is 9.79. The third-order valence-corrected chi connectivity index (χ3v) is 4.94. The van der Waals surface area contributed by atoms with Crippen molar-refractivity contribution in [2.45, 2.75) is 105 Å². The van der Waals surface area contributed by atoms with Crippen molar-refractivity contribution in [3.63, 3.8) is 0 Å². The molecule has 0 fully saturated rings. The second-order valence-electron chi connectivity index (χ2n) is 12.3. The maximum absolute atomic E-state index is 4.57. The minimum Gasteiger partial charge on any atom is -0.354 e. The Morgan fingerprint density at radius 2 is 1.11 bits per heavy atom. The summed E-state index contributed by atoms with van der Waals surface area (Å²) in [5, 5.41) is 4.57. The van der Waals surface area contributed by atoms with E-state index in [-0.39, 0.29) is 21.7 Å². The van der Waals surface area contributed by atoms with E-state index in [1.807, 2.05) is 11.7 Å². The quantitative estimate of drug-likeness (QED) is 0.497. The molecule has 0 unspecified atom stereocenters. The minimum absolute atomic E-state index is 0.129. The Labute approximate surface area is 174 Å². The van der Waals surface area contributed by atoms with Gasteiger partial charge in [0.25, 0.3) is 0 Å². The fourth-order valence-electron chi connectivity index (χ4n) is 3.66. The number of nitrogens with zero attached hydrogens (tertiary/aromatic N) is 3. The summed E-state index contributed by atoms with van der Waals surface area (Å²) in [5.74, 6) is 0. The van der Waals surface area contributed by atoms with Crippen molar-refractivity contribution in [3.8, 4) is 0 Å². The van der Waals surface area contributed by atoms with Crippen LogP contribution in [-0.4, -0.2) is 14.3 Å². The largest absolute Gasteiger partial charge is 0.354 e. The molecule has 0 atom stereocenters. The van der Waals surface area contributed by atoms with Gasteiger partial charge in [-0.15, -0.1) is 0 Å². The average molecular weight is 388 g/mol. The Hall–Kier alpha value is -1.51. The highest BCUT2D eigenvalue weighted by molar-refractivity contribution is 5.34. The van der Waals surface area contributed by atoms with Gasteiger partial charge in [-0.3, -0.25) is 4.68 Å². The van der Waals surface area contributed by atoms with Gasteiger partial charge in [-0.05, 0) is 28.0 Å². The first kappa shape index (κ1) is 24.5. The molecule has 0 saturated carbocycles. The van der Waals surface area contributed by atoms with Crippen LogP contribution >= 0.6 is 0 Å². The fraction of sp³-hybridized carbons (Fsp3) is 0.720. The summed E-state index contributed by atoms with van der Waals surface area (Å²) < 4.78 is 4.17. The third-order valence-electron chi connectivity index (χ3n) is 4.94. The zero-order valence-corrected chi connectivity index (χ0v) is 21.1. The lowest BCUT2D eigenvalue weighted by Crippen LogP contribution is -2.23. The van der Waals surface area contributed by atoms with Crippen LogP contribution in [0.2, 0.25) is 0 Å². The summed E-state index contributed by atoms with van der Waals surface area (Å²) in [5.41, 5.74) is 6.25. The lowest BCUT2D eigenvalue weighted by molar-refractivity contribution is 0.502. The summed E-state index contributed by atoms with van der Waals surface area (Å²) >= 11 is 0. The van der Waals surface area contributed by atoms with Gasteiger partial charge in [-0.1, -0.05) is 83.1 Å². The van der Waals surface area contributed by atoms with Gasteiger partial charge in [-0.2, -0.15) is 5.10 Å². The highest BCUT2D eigenvalue weighted by Gasteiger charge is 2.28. The van der Waals surface area contributed by atoms with Gasteiger partial charge < -0.3 is 4.57 Å². The highest BCUT2D eigenvalue weighted by atomic mass is 15.3. The van der Waals surface area contributed by atoms with Gasteiger partial charge in [0.15, 0.2) is 0 Å². The number of rotatable bonds is 0. The molecule has 3 heteroatoms. The zero-order chi connectivity index (χ0) is 22.3. The summed E-state index contributed by atoms with van der Waals surface area (Å²) in [7, 11) is 4.13. The molecule has 0 aliphatic rings. The Kier molecular flexibility index (Phi) is 6.77. The van der Waals surface area contributed by atoms with Gasteiger partial charge in [0.05, 0.1) is 5.69 Å². The SMILES string of the molecule is Cn1cc(C(C)(C)C)c(C(C)(C)C)n1.Cn1ccc(C(C)(C)C)c1C(C)(C)C. The molecule has 2 heterocycles. The summed E-state index contributed by atoms with van der Waals surface area (Å²) in [4.78, 5) is 0. The van der Waals surface area contributed by atoms with E-state index in [1.54, 1.807) is 0 Å². The van der Waals surface area contributed by atoms with Gasteiger partial charge >= 0.3 is 0 Å². The van der Waals surface area contributed by atoms with Crippen LogP contribution < -0.4 is 0 Å². The first-order chi connectivity index (χ1) is 12.3. The van der Waals surface area contributed by atoms with Crippen molar-refractivity contribution in [1.82, 2.24) is 14.3 Å². The molecule has 2 rings (SSSR count). The van der Waals surface area contributed by atoms with E-state index in [4.69, 9.17) is 0 Å². The van der Waals surface area contributed by atoms with Crippen LogP contribution in [0.3, 0.4) is 0 Å². The van der Waals surface area contributed by atoms with Gasteiger partial charge in [0.2, 0.25) is 0 Å². The van der Waals surface area contributed by atoms with Crippen LogP contribution in [0.4, 0.5) is 0 Å². The van der Waals surface area contributed by atoms with Crippen molar-refractivity contribution in [3.05, 3.63) is 41.0 Å². The van der Waals surface area contributed by atoms with E-state index in [2.05, 4.69) is 118 Å². The van der Waals surface area contributed by atoms with Crippen LogP contribution in [0.25, 0.3) is 0 Å². The monoisotopic (exact) mass is 387 g/mol. The van der Waals surface area contributed by atoms with Gasteiger partial charge in [0.1, 0.15) is 0 Å². The Balaban J connectivity index is 0.000000280. The van der Waals surface area contributed by atoms with Crippen molar-refractivity contribution in [2.24, 2.45) is 14.1 Å². The van der Waals surface area contributed by atoms with E-state index in [1.165, 1.54) is 22.5 Å². The molecule has 0 bridgehead atoms. The van der Waals surface area contributed by atoms with Crippen molar-refractivity contribution in [2.75, 3.05) is 0 Å². The highest BCUT2D eigenvalue weighted by Crippen LogP contribution is 2.34. The Morgan fingerprint density at radius 1 is 0.643 bits per heavy atom. The van der Waals surface area contributed by atoms with Crippen LogP contribution in [0, 0.1) is 0 Å². The third kappa shape index (κ3) is 5.99. The first-order valence-electron chi connectivity index (χ1n) is 10.5. The van der Waals surface area contributed by atoms with Crippen molar-refractivity contribution in [1.29, 1.82) is 0 Å². The van der Waals surface area contributed by atoms with Crippen LogP contribution in [-0.2, 0) is 35.8 Å². The van der Waals surface area contributed by atoms with E-state index in [0.29, 0.717) is 0 Å². The number of hydrogen-bond donors (Lipinski definition) is 0. The standard InChI is InChI=1S/C13H23N.C12H22N2/c1-12(2,3)10-8-9-14(7)11(10)13(4,5)6;1-11(2,3)9-8-14(7)13-10(9)12(4,5)6/h8-9H,1-7H3;8H,1-7H3. The predicted molar refractivity (Wildman–Crippen MR) is 123 cm³/mol. The molecule has 28 heavy (non-hydrogen) atoms. The molecule has 2 aromatic heterocycles. The summed E-state index contributed by atoms with van der Waals surface area (Å²) in [6.07, 6.45) is 4.31. The second-order valence-corrected chi connectivity index (χ2v) is 12.3. The normalized spacial score (nSPS) is 13.4. The topological polar surface area (TPSA) is 22.8 Å². The maximum Gasteiger partial charge on any atom is 0.0715 e. The molecule has 0 aromatic carbocycles. The molecule has 0 spiro atoms. The van der Waals surface area contributed by atoms with Crippen LogP contribution in [0.5, 0.6) is 0 Å². The van der Waals surface area contributed by atoms with Crippen molar-refractivity contribution < 1.29 is 0 Å². The van der Waals surface area contributed by atoms with Crippen molar-refractivity contribution >= 4 is 0 Å². The fourth-order valence-corrected chi connectivity index (χ4v) is 3.66. The zero-order valence-electron chi connectivity index (χ0n) is 21.1. The molecule has 160 valence electrons. The Bertz CT molecular complexity index is 728. The summed E-state index contributed by atoms with van der Waals surface area (Å²) in [6.45, 7) is 27.0. The van der Waals surface area contributed by atoms with E-state index >= 15 is 0 Å². The smallest absolute Gasteiger partial charge is 0.0715 e. The predicted octanol–water partition coefficient (Wildman–Crippen LogP) is 6.64. The average Bonchev–Trinajstić information content (AvgIpc) is 3.00. The van der Waals surface area contributed by atoms with E-state index < -0.39 is 0 Å².